The van der Waals surface area contributed by atoms with Crippen molar-refractivity contribution in [3.05, 3.63) is 167 Å². The molecule has 0 bridgehead atoms. The monoisotopic (exact) mass is 1040 g/mol. The fourth-order valence-corrected chi connectivity index (χ4v) is 8.01. The topological polar surface area (TPSA) is 50.9 Å². The second-order valence-corrected chi connectivity index (χ2v) is 19.1. The summed E-state index contributed by atoms with van der Waals surface area (Å²) in [4.78, 5) is 10.2. The van der Waals surface area contributed by atoms with Crippen LogP contribution in [-0.4, -0.2) is 19.6 Å². The van der Waals surface area contributed by atoms with Crippen LogP contribution in [0.4, 0.5) is 0 Å². The van der Waals surface area contributed by atoms with E-state index in [-0.39, 0.29) is 43.4 Å². The van der Waals surface area contributed by atoms with E-state index in [1.54, 1.807) is 6.07 Å². The number of phenols is 1. The zero-order valence-electron chi connectivity index (χ0n) is 50.8. The number of hydrogen-bond donors (Lipinski definition) is 1. The molecule has 8 aromatic rings. The standard InChI is InChI=1S/C59H62N3O.Pt/c1-37(2)29-39-21-26-52(49(31-39)41-17-14-13-15-18-41)62-53-20-16-19-48(54(53)61-56(62)50-36-46(58(7,8)9)30-38(3)55(50)63)43-32-44(34-47(33-43)59(10,11)12)51-35-42(27-28-60-51)40-22-24-45(25-23-40)57(4,5)6;/h13-28,30-31,33-37,63H,29H2,1-12H3;/q-1;/i4D3,5D3,6D3,22D,23D,24D,25D;. The summed E-state index contributed by atoms with van der Waals surface area (Å²) in [5, 5.41) is 12.1. The number of aromatic nitrogens is 3. The van der Waals surface area contributed by atoms with Gasteiger partial charge in [-0.15, -0.1) is 29.3 Å². The Morgan fingerprint density at radius 3 is 2.03 bits per heavy atom. The van der Waals surface area contributed by atoms with Gasteiger partial charge in [-0.1, -0.05) is 172 Å². The van der Waals surface area contributed by atoms with Gasteiger partial charge in [0.05, 0.1) is 27.8 Å². The minimum atomic E-state index is -3.81. The molecule has 0 aliphatic heterocycles. The summed E-state index contributed by atoms with van der Waals surface area (Å²) in [7, 11) is 0. The number of pyridine rings is 1. The molecule has 5 heteroatoms. The molecule has 8 rings (SSSR count). The van der Waals surface area contributed by atoms with Gasteiger partial charge in [-0.3, -0.25) is 9.55 Å². The van der Waals surface area contributed by atoms with Crippen molar-refractivity contribution in [2.75, 3.05) is 0 Å². The summed E-state index contributed by atoms with van der Waals surface area (Å²) in [6.45, 7) is 7.47. The predicted octanol–water partition coefficient (Wildman–Crippen LogP) is 15.7. The Morgan fingerprint density at radius 2 is 1.36 bits per heavy atom. The average Bonchev–Trinajstić information content (AvgIpc) is 3.72. The molecule has 6 aromatic carbocycles. The molecule has 0 saturated carbocycles. The molecule has 0 aliphatic rings. The summed E-state index contributed by atoms with van der Waals surface area (Å²) in [6.07, 6.45) is 2.30. The SMILES string of the molecule is [2H]c1c([2H])c(C(C([2H])([2H])[2H])(C([2H])([2H])[2H])C([2H])([2H])[2H])c([2H])c([2H])c1-c1ccnc(-c2[c-]c(-c3cccc4c3nc(-c3cc(C(C)(C)C)cc(C)c3O)n4-c3ccc(CC(C)C)cc3-c3ccccc3)cc(C(C)(C)C)c2)c1.[Pt]. The van der Waals surface area contributed by atoms with E-state index in [1.807, 2.05) is 67.6 Å². The van der Waals surface area contributed by atoms with Gasteiger partial charge < -0.3 is 5.11 Å². The molecule has 0 spiro atoms. The molecule has 0 saturated heterocycles. The minimum Gasteiger partial charge on any atom is -0.507 e. The van der Waals surface area contributed by atoms with Crippen LogP contribution in [0.3, 0.4) is 0 Å². The van der Waals surface area contributed by atoms with Gasteiger partial charge >= 0.3 is 0 Å². The number of hydrogen-bond acceptors (Lipinski definition) is 3. The molecule has 0 fully saturated rings. The summed E-state index contributed by atoms with van der Waals surface area (Å²) in [5.41, 5.74) is 4.94. The minimum absolute atomic E-state index is 0. The predicted molar refractivity (Wildman–Crippen MR) is 266 cm³/mol. The fraction of sp³-hybridized carbons (Fsp3) is 0.288. The first-order valence-electron chi connectivity index (χ1n) is 27.9. The number of para-hydroxylation sites is 1. The third kappa shape index (κ3) is 9.45. The van der Waals surface area contributed by atoms with Crippen molar-refractivity contribution in [2.24, 2.45) is 5.92 Å². The number of aromatic hydroxyl groups is 1. The maximum absolute atomic E-state index is 12.1. The van der Waals surface area contributed by atoms with E-state index in [0.29, 0.717) is 45.2 Å². The maximum Gasteiger partial charge on any atom is 0.148 e. The van der Waals surface area contributed by atoms with Crippen LogP contribution in [-0.2, 0) is 43.7 Å². The van der Waals surface area contributed by atoms with Crippen molar-refractivity contribution in [3.8, 4) is 67.5 Å². The number of fused-ring (bicyclic) bond motifs is 1. The molecule has 0 atom stereocenters. The summed E-state index contributed by atoms with van der Waals surface area (Å²) >= 11 is 0. The van der Waals surface area contributed by atoms with Crippen LogP contribution in [0.25, 0.3) is 72.7 Å². The molecule has 330 valence electrons. The largest absolute Gasteiger partial charge is 0.507 e. The first-order valence-corrected chi connectivity index (χ1v) is 21.4. The van der Waals surface area contributed by atoms with E-state index in [2.05, 4.69) is 96.4 Å². The van der Waals surface area contributed by atoms with E-state index in [4.69, 9.17) is 27.8 Å². The van der Waals surface area contributed by atoms with E-state index < -0.39 is 61.1 Å². The quantitative estimate of drug-likeness (QED) is 0.154. The zero-order chi connectivity index (χ0) is 56.0. The van der Waals surface area contributed by atoms with Gasteiger partial charge in [-0.25, -0.2) is 4.98 Å². The van der Waals surface area contributed by atoms with Gasteiger partial charge in [0.2, 0.25) is 0 Å². The van der Waals surface area contributed by atoms with Crippen molar-refractivity contribution < 1.29 is 44.0 Å². The van der Waals surface area contributed by atoms with Gasteiger partial charge in [-0.2, -0.15) is 0 Å². The van der Waals surface area contributed by atoms with Crippen LogP contribution in [0.5, 0.6) is 5.75 Å². The zero-order valence-corrected chi connectivity index (χ0v) is 40.1. The van der Waals surface area contributed by atoms with Crippen molar-refractivity contribution >= 4 is 11.0 Å². The maximum atomic E-state index is 12.1. The van der Waals surface area contributed by atoms with Gasteiger partial charge in [0, 0.05) is 50.9 Å². The average molecular weight is 1040 g/mol. The first-order chi connectivity index (χ1) is 35.2. The number of phenolic OH excluding ortho intramolecular Hbond substituents is 1. The van der Waals surface area contributed by atoms with Crippen LogP contribution >= 0.6 is 0 Å². The smallest absolute Gasteiger partial charge is 0.148 e. The molecule has 0 radical (unpaired) electrons. The van der Waals surface area contributed by atoms with E-state index in [0.717, 1.165) is 45.4 Å². The number of rotatable bonds is 8. The van der Waals surface area contributed by atoms with Crippen LogP contribution in [0.1, 0.15) is 122 Å². The molecule has 1 N–H and O–H groups in total. The number of aryl methyl sites for hydroxylation is 1. The first kappa shape index (κ1) is 32.1. The Morgan fingerprint density at radius 1 is 0.672 bits per heavy atom. The van der Waals surface area contributed by atoms with Crippen molar-refractivity contribution in [2.45, 2.75) is 106 Å². The van der Waals surface area contributed by atoms with Crippen LogP contribution < -0.4 is 0 Å². The molecule has 4 nitrogen and oxygen atoms in total. The Labute approximate surface area is 414 Å². The third-order valence-corrected chi connectivity index (χ3v) is 11.5. The summed E-state index contributed by atoms with van der Waals surface area (Å²) in [5.74, 6) is 1.06. The molecule has 0 amide bonds. The normalized spacial score (nSPS) is 15.8. The van der Waals surface area contributed by atoms with Crippen molar-refractivity contribution in [1.29, 1.82) is 0 Å². The van der Waals surface area contributed by atoms with Gasteiger partial charge in [0.25, 0.3) is 0 Å². The number of nitrogens with zero attached hydrogens (tertiary/aromatic N) is 3. The van der Waals surface area contributed by atoms with Crippen molar-refractivity contribution in [3.63, 3.8) is 0 Å². The Balaban J connectivity index is 0.00000861. The third-order valence-electron chi connectivity index (χ3n) is 11.5. The fourth-order valence-electron chi connectivity index (χ4n) is 8.01. The molecule has 2 heterocycles. The van der Waals surface area contributed by atoms with E-state index >= 15 is 0 Å². The van der Waals surface area contributed by atoms with Gasteiger partial charge in [0.15, 0.2) is 0 Å². The molecule has 64 heavy (non-hydrogen) atoms. The Kier molecular flexibility index (Phi) is 8.93. The second kappa shape index (κ2) is 17.8. The Bertz CT molecular complexity index is 3480. The van der Waals surface area contributed by atoms with E-state index in [1.165, 1.54) is 17.8 Å². The van der Waals surface area contributed by atoms with Crippen LogP contribution in [0.2, 0.25) is 0 Å². The molecule has 2 aromatic heterocycles. The Hall–Kier alpha value is -5.57. The number of benzene rings is 6. The van der Waals surface area contributed by atoms with Gasteiger partial charge in [0.1, 0.15) is 11.6 Å². The van der Waals surface area contributed by atoms with Crippen LogP contribution in [0.15, 0.2) is 133 Å². The second-order valence-electron chi connectivity index (χ2n) is 19.1. The molecule has 0 aliphatic carbocycles. The molecule has 0 unspecified atom stereocenters. The van der Waals surface area contributed by atoms with Crippen LogP contribution in [0, 0.1) is 18.9 Å². The number of imidazole rings is 1. The summed E-state index contributed by atoms with van der Waals surface area (Å²) < 4.78 is 113. The van der Waals surface area contributed by atoms with E-state index in [9.17, 15) is 5.11 Å². The molecular formula is C59H62N3OPt-. The van der Waals surface area contributed by atoms with Crippen molar-refractivity contribution in [1.82, 2.24) is 14.5 Å². The summed E-state index contributed by atoms with van der Waals surface area (Å²) in [6, 6.07) is 33.5. The molecular weight excluding hydrogens is 962 g/mol. The van der Waals surface area contributed by atoms with Gasteiger partial charge in [-0.05, 0) is 105 Å².